The first-order valence-electron chi connectivity index (χ1n) is 7.37. The van der Waals surface area contributed by atoms with Gasteiger partial charge in [-0.2, -0.15) is 0 Å². The highest BCUT2D eigenvalue weighted by Gasteiger charge is 2.27. The molecule has 0 spiro atoms. The Hall–Kier alpha value is -0.170. The minimum Gasteiger partial charge on any atom is -0.377 e. The Balaban J connectivity index is 1.83. The Labute approximate surface area is 116 Å². The van der Waals surface area contributed by atoms with Crippen molar-refractivity contribution in [3.8, 4) is 0 Å². The summed E-state index contributed by atoms with van der Waals surface area (Å²) in [6.45, 7) is 2.20. The Morgan fingerprint density at radius 3 is 2.63 bits per heavy atom. The molecule has 2 aliphatic heterocycles. The standard InChI is InChI=1S/C13H26N2O3S/c1-15(10-13-7-3-5-9-18-13)19(16,17)11-12-6-2-4-8-14-12/h12-14H,2-11H2,1H3. The van der Waals surface area contributed by atoms with Gasteiger partial charge in [0.1, 0.15) is 0 Å². The number of nitrogens with zero attached hydrogens (tertiary/aromatic N) is 1. The quantitative estimate of drug-likeness (QED) is 0.819. The first kappa shape index (κ1) is 15.2. The summed E-state index contributed by atoms with van der Waals surface area (Å²) in [5, 5.41) is 3.30. The fraction of sp³-hybridized carbons (Fsp3) is 1.00. The average molecular weight is 290 g/mol. The average Bonchev–Trinajstić information content (AvgIpc) is 2.40. The summed E-state index contributed by atoms with van der Waals surface area (Å²) >= 11 is 0. The van der Waals surface area contributed by atoms with Gasteiger partial charge in [0.05, 0.1) is 11.9 Å². The van der Waals surface area contributed by atoms with Gasteiger partial charge in [-0.1, -0.05) is 6.42 Å². The largest absolute Gasteiger partial charge is 0.377 e. The first-order valence-corrected chi connectivity index (χ1v) is 8.98. The number of hydrogen-bond acceptors (Lipinski definition) is 4. The second-order valence-corrected chi connectivity index (χ2v) is 7.81. The van der Waals surface area contributed by atoms with E-state index in [2.05, 4.69) is 5.32 Å². The molecular formula is C13H26N2O3S. The maximum Gasteiger partial charge on any atom is 0.215 e. The molecule has 2 atom stereocenters. The molecule has 2 fully saturated rings. The SMILES string of the molecule is CN(CC1CCCCO1)S(=O)(=O)CC1CCCCN1. The van der Waals surface area contributed by atoms with E-state index in [0.717, 1.165) is 51.7 Å². The molecule has 2 rings (SSSR count). The molecule has 2 aliphatic rings. The topological polar surface area (TPSA) is 58.6 Å². The maximum absolute atomic E-state index is 12.3. The lowest BCUT2D eigenvalue weighted by atomic mass is 10.1. The molecule has 19 heavy (non-hydrogen) atoms. The zero-order valence-electron chi connectivity index (χ0n) is 11.8. The zero-order chi connectivity index (χ0) is 13.7. The lowest BCUT2D eigenvalue weighted by molar-refractivity contribution is 0.00856. The van der Waals surface area contributed by atoms with Crippen molar-refractivity contribution in [1.29, 1.82) is 0 Å². The van der Waals surface area contributed by atoms with Crippen LogP contribution < -0.4 is 5.32 Å². The molecular weight excluding hydrogens is 264 g/mol. The molecule has 2 heterocycles. The predicted molar refractivity (Wildman–Crippen MR) is 75.6 cm³/mol. The molecule has 0 amide bonds. The maximum atomic E-state index is 12.3. The van der Waals surface area contributed by atoms with Crippen LogP contribution in [0.25, 0.3) is 0 Å². The van der Waals surface area contributed by atoms with Crippen molar-refractivity contribution in [2.45, 2.75) is 50.7 Å². The molecule has 1 N–H and O–H groups in total. The summed E-state index contributed by atoms with van der Waals surface area (Å²) in [5.74, 6) is 0.218. The summed E-state index contributed by atoms with van der Waals surface area (Å²) in [4.78, 5) is 0. The monoisotopic (exact) mass is 290 g/mol. The van der Waals surface area contributed by atoms with Crippen molar-refractivity contribution < 1.29 is 13.2 Å². The van der Waals surface area contributed by atoms with Gasteiger partial charge in [-0.05, 0) is 38.6 Å². The number of likely N-dealkylation sites (N-methyl/N-ethyl adjacent to an activating group) is 1. The van der Waals surface area contributed by atoms with Gasteiger partial charge < -0.3 is 10.1 Å². The van der Waals surface area contributed by atoms with E-state index in [-0.39, 0.29) is 17.9 Å². The van der Waals surface area contributed by atoms with E-state index < -0.39 is 10.0 Å². The third kappa shape index (κ3) is 4.70. The predicted octanol–water partition coefficient (Wildman–Crippen LogP) is 0.959. The fourth-order valence-electron chi connectivity index (χ4n) is 2.80. The highest BCUT2D eigenvalue weighted by Crippen LogP contribution is 2.16. The molecule has 0 aromatic carbocycles. The lowest BCUT2D eigenvalue weighted by Crippen LogP contribution is -2.45. The van der Waals surface area contributed by atoms with Crippen LogP contribution >= 0.6 is 0 Å². The third-order valence-electron chi connectivity index (χ3n) is 4.03. The highest BCUT2D eigenvalue weighted by atomic mass is 32.2. The summed E-state index contributed by atoms with van der Waals surface area (Å²) in [5.41, 5.74) is 0. The van der Waals surface area contributed by atoms with Gasteiger partial charge in [0, 0.05) is 26.2 Å². The molecule has 6 heteroatoms. The Morgan fingerprint density at radius 1 is 1.21 bits per heavy atom. The van der Waals surface area contributed by atoms with Crippen molar-refractivity contribution in [3.63, 3.8) is 0 Å². The lowest BCUT2D eigenvalue weighted by Gasteiger charge is -2.29. The number of sulfonamides is 1. The number of hydrogen-bond donors (Lipinski definition) is 1. The normalized spacial score (nSPS) is 29.6. The Kier molecular flexibility index (Phi) is 5.62. The summed E-state index contributed by atoms with van der Waals surface area (Å²) in [6, 6.07) is 0.119. The summed E-state index contributed by atoms with van der Waals surface area (Å²) < 4.78 is 31.7. The molecule has 0 bridgehead atoms. The minimum absolute atomic E-state index is 0.0767. The van der Waals surface area contributed by atoms with Crippen LogP contribution in [-0.4, -0.2) is 57.4 Å². The van der Waals surface area contributed by atoms with Crippen LogP contribution in [-0.2, 0) is 14.8 Å². The van der Waals surface area contributed by atoms with Crippen LogP contribution in [0.5, 0.6) is 0 Å². The van der Waals surface area contributed by atoms with Gasteiger partial charge in [-0.3, -0.25) is 0 Å². The highest BCUT2D eigenvalue weighted by molar-refractivity contribution is 7.89. The van der Waals surface area contributed by atoms with Gasteiger partial charge >= 0.3 is 0 Å². The molecule has 0 saturated carbocycles. The first-order chi connectivity index (χ1) is 9.08. The molecule has 112 valence electrons. The Morgan fingerprint density at radius 2 is 2.00 bits per heavy atom. The van der Waals surface area contributed by atoms with Gasteiger partial charge in [0.2, 0.25) is 10.0 Å². The molecule has 2 unspecified atom stereocenters. The summed E-state index contributed by atoms with van der Waals surface area (Å²) in [6.07, 6.45) is 6.54. The van der Waals surface area contributed by atoms with Crippen LogP contribution in [0.15, 0.2) is 0 Å². The van der Waals surface area contributed by atoms with Crippen LogP contribution in [0, 0.1) is 0 Å². The minimum atomic E-state index is -3.17. The molecule has 2 saturated heterocycles. The number of piperidine rings is 1. The van der Waals surface area contributed by atoms with Gasteiger partial charge in [0.25, 0.3) is 0 Å². The van der Waals surface area contributed by atoms with Crippen LogP contribution in [0.2, 0.25) is 0 Å². The third-order valence-corrected chi connectivity index (χ3v) is 5.96. The fourth-order valence-corrected chi connectivity index (χ4v) is 4.24. The Bertz CT molecular complexity index is 360. The van der Waals surface area contributed by atoms with E-state index >= 15 is 0 Å². The van der Waals surface area contributed by atoms with Crippen molar-refractivity contribution >= 4 is 10.0 Å². The number of nitrogens with one attached hydrogen (secondary N) is 1. The molecule has 0 radical (unpaired) electrons. The molecule has 0 aromatic rings. The van der Waals surface area contributed by atoms with Crippen molar-refractivity contribution in [1.82, 2.24) is 9.62 Å². The second kappa shape index (κ2) is 7.02. The zero-order valence-corrected chi connectivity index (χ0v) is 12.6. The van der Waals surface area contributed by atoms with Crippen LogP contribution in [0.1, 0.15) is 38.5 Å². The van der Waals surface area contributed by atoms with E-state index in [1.54, 1.807) is 7.05 Å². The second-order valence-electron chi connectivity index (χ2n) is 5.69. The smallest absolute Gasteiger partial charge is 0.215 e. The van der Waals surface area contributed by atoms with E-state index in [0.29, 0.717) is 6.54 Å². The van der Waals surface area contributed by atoms with Crippen molar-refractivity contribution in [2.75, 3.05) is 32.5 Å². The van der Waals surface area contributed by atoms with Crippen molar-refractivity contribution in [3.05, 3.63) is 0 Å². The number of ether oxygens (including phenoxy) is 1. The van der Waals surface area contributed by atoms with Crippen LogP contribution in [0.4, 0.5) is 0 Å². The van der Waals surface area contributed by atoms with E-state index in [1.165, 1.54) is 4.31 Å². The van der Waals surface area contributed by atoms with E-state index in [9.17, 15) is 8.42 Å². The molecule has 0 aliphatic carbocycles. The van der Waals surface area contributed by atoms with Crippen molar-refractivity contribution in [2.24, 2.45) is 0 Å². The van der Waals surface area contributed by atoms with Crippen LogP contribution in [0.3, 0.4) is 0 Å². The van der Waals surface area contributed by atoms with E-state index in [1.807, 2.05) is 0 Å². The summed E-state index contributed by atoms with van der Waals surface area (Å²) in [7, 11) is -1.49. The molecule has 0 aromatic heterocycles. The van der Waals surface area contributed by atoms with Gasteiger partial charge in [-0.25, -0.2) is 12.7 Å². The molecule has 5 nitrogen and oxygen atoms in total. The van der Waals surface area contributed by atoms with Gasteiger partial charge in [-0.15, -0.1) is 0 Å². The van der Waals surface area contributed by atoms with Gasteiger partial charge in [0.15, 0.2) is 0 Å². The van der Waals surface area contributed by atoms with E-state index in [4.69, 9.17) is 4.74 Å². The number of rotatable bonds is 5.